The maximum absolute atomic E-state index is 12.1. The zero-order valence-corrected chi connectivity index (χ0v) is 10.8. The smallest absolute Gasteiger partial charge is 0.0658 e. The van der Waals surface area contributed by atoms with Crippen LogP contribution in [0.25, 0.3) is 0 Å². The molecule has 1 atom stereocenters. The first-order valence-electron chi connectivity index (χ1n) is 6.42. The first-order valence-corrected chi connectivity index (χ1v) is 6.42. The minimum atomic E-state index is -0.400. The van der Waals surface area contributed by atoms with Gasteiger partial charge in [-0.3, -0.25) is 0 Å². The summed E-state index contributed by atoms with van der Waals surface area (Å²) in [7, 11) is 0. The average Bonchev–Trinajstić information content (AvgIpc) is 2.47. The van der Waals surface area contributed by atoms with E-state index in [0.717, 1.165) is 16.2 Å². The van der Waals surface area contributed by atoms with Crippen LogP contribution >= 0.6 is 0 Å². The molecule has 0 saturated heterocycles. The third-order valence-corrected chi connectivity index (χ3v) is 3.11. The Labute approximate surface area is 113 Å². The van der Waals surface area contributed by atoms with Crippen molar-refractivity contribution < 1.29 is 10.3 Å². The molecule has 0 saturated carbocycles. The monoisotopic (exact) mass is 256 g/mol. The van der Waals surface area contributed by atoms with E-state index >= 15 is 0 Å². The van der Waals surface area contributed by atoms with Crippen molar-refractivity contribution in [2.24, 2.45) is 0 Å². The second kappa shape index (κ2) is 7.04. The van der Waals surface area contributed by atoms with Crippen LogP contribution in [0.5, 0.6) is 0 Å². The van der Waals surface area contributed by atoms with Gasteiger partial charge in [-0.05, 0) is 17.5 Å². The summed E-state index contributed by atoms with van der Waals surface area (Å²) < 4.78 is 0. The number of aliphatic hydroxyl groups is 1. The largest absolute Gasteiger partial charge is 0.395 e. The lowest BCUT2D eigenvalue weighted by molar-refractivity contribution is -0.201. The number of benzene rings is 2. The van der Waals surface area contributed by atoms with Gasteiger partial charge < -0.3 is 5.11 Å². The van der Waals surface area contributed by atoms with Gasteiger partial charge in [0.2, 0.25) is 0 Å². The van der Waals surface area contributed by atoms with E-state index in [1.54, 1.807) is 0 Å². The summed E-state index contributed by atoms with van der Waals surface area (Å²) in [6, 6.07) is 18.9. The first kappa shape index (κ1) is 13.7. The van der Waals surface area contributed by atoms with E-state index < -0.39 is 6.04 Å². The van der Waals surface area contributed by atoms with Gasteiger partial charge in [0.05, 0.1) is 19.2 Å². The molecule has 0 aliphatic rings. The number of nitrogens with zero attached hydrogens (tertiary/aromatic N) is 1. The summed E-state index contributed by atoms with van der Waals surface area (Å²) in [6.45, 7) is 0.171. The summed E-state index contributed by atoms with van der Waals surface area (Å²) in [5.74, 6) is 0. The Balaban J connectivity index is 1.97. The minimum absolute atomic E-state index is 0.134. The van der Waals surface area contributed by atoms with Crippen LogP contribution < -0.4 is 0 Å². The number of hydrogen-bond donors (Lipinski definition) is 1. The lowest BCUT2D eigenvalue weighted by Gasteiger charge is -2.22. The maximum atomic E-state index is 12.1. The Bertz CT molecular complexity index is 473. The molecule has 0 aromatic heterocycles. The van der Waals surface area contributed by atoms with Crippen LogP contribution in [-0.2, 0) is 18.2 Å². The van der Waals surface area contributed by atoms with E-state index in [2.05, 4.69) is 0 Å². The first-order chi connectivity index (χ1) is 9.29. The molecule has 1 radical (unpaired) electrons. The minimum Gasteiger partial charge on any atom is -0.395 e. The standard InChI is InChI=1S/C16H18NO2/c18-13-16(11-14-7-3-1-4-8-14)17(19)12-15-9-5-2-6-10-15/h1-10,16,18H,11-13H2/t16-/m0/s1. The van der Waals surface area contributed by atoms with Gasteiger partial charge in [-0.15, -0.1) is 10.3 Å². The fourth-order valence-electron chi connectivity index (χ4n) is 2.04. The Hall–Kier alpha value is -1.68. The van der Waals surface area contributed by atoms with E-state index in [9.17, 15) is 10.3 Å². The second-order valence-corrected chi connectivity index (χ2v) is 4.59. The van der Waals surface area contributed by atoms with Crippen molar-refractivity contribution >= 4 is 0 Å². The van der Waals surface area contributed by atoms with E-state index in [1.807, 2.05) is 60.7 Å². The molecule has 3 heteroatoms. The summed E-state index contributed by atoms with van der Waals surface area (Å²) in [6.07, 6.45) is 0.563. The van der Waals surface area contributed by atoms with Gasteiger partial charge in [-0.25, -0.2) is 0 Å². The van der Waals surface area contributed by atoms with Gasteiger partial charge in [-0.2, -0.15) is 0 Å². The molecule has 2 aromatic rings. The van der Waals surface area contributed by atoms with E-state index in [-0.39, 0.29) is 6.61 Å². The Kier molecular flexibility index (Phi) is 5.10. The van der Waals surface area contributed by atoms with E-state index in [0.29, 0.717) is 13.0 Å². The predicted molar refractivity (Wildman–Crippen MR) is 73.7 cm³/mol. The van der Waals surface area contributed by atoms with Crippen LogP contribution in [0.2, 0.25) is 0 Å². The summed E-state index contributed by atoms with van der Waals surface area (Å²) >= 11 is 0. The van der Waals surface area contributed by atoms with Crippen molar-refractivity contribution in [3.05, 3.63) is 71.8 Å². The molecule has 0 aliphatic carbocycles. The molecule has 0 aliphatic heterocycles. The van der Waals surface area contributed by atoms with Crippen molar-refractivity contribution in [1.82, 2.24) is 5.06 Å². The SMILES string of the molecule is [O]N(Cc1ccccc1)[C@H](CO)Cc1ccccc1. The second-order valence-electron chi connectivity index (χ2n) is 4.59. The fourth-order valence-corrected chi connectivity index (χ4v) is 2.04. The van der Waals surface area contributed by atoms with Crippen LogP contribution in [0, 0.1) is 0 Å². The molecular weight excluding hydrogens is 238 g/mol. The van der Waals surface area contributed by atoms with Gasteiger partial charge in [0.25, 0.3) is 0 Å². The zero-order valence-electron chi connectivity index (χ0n) is 10.8. The zero-order chi connectivity index (χ0) is 13.5. The number of hydroxylamine groups is 2. The van der Waals surface area contributed by atoms with Gasteiger partial charge in [0.1, 0.15) is 0 Å². The highest BCUT2D eigenvalue weighted by Gasteiger charge is 2.18. The molecule has 3 nitrogen and oxygen atoms in total. The lowest BCUT2D eigenvalue weighted by Crippen LogP contribution is -2.35. The molecule has 99 valence electrons. The summed E-state index contributed by atoms with van der Waals surface area (Å²) in [4.78, 5) is 0. The predicted octanol–water partition coefficient (Wildman–Crippen LogP) is 2.44. The van der Waals surface area contributed by atoms with Crippen molar-refractivity contribution in [3.8, 4) is 0 Å². The molecule has 0 spiro atoms. The molecule has 0 heterocycles. The Morgan fingerprint density at radius 3 is 1.95 bits per heavy atom. The highest BCUT2D eigenvalue weighted by molar-refractivity contribution is 5.17. The fraction of sp³-hybridized carbons (Fsp3) is 0.250. The Morgan fingerprint density at radius 1 is 0.895 bits per heavy atom. The molecule has 2 aromatic carbocycles. The van der Waals surface area contributed by atoms with Crippen LogP contribution in [0.1, 0.15) is 11.1 Å². The molecule has 0 fully saturated rings. The third-order valence-electron chi connectivity index (χ3n) is 3.11. The molecule has 2 rings (SSSR count). The normalized spacial score (nSPS) is 12.6. The number of aliphatic hydroxyl groups excluding tert-OH is 1. The van der Waals surface area contributed by atoms with Crippen LogP contribution in [0.4, 0.5) is 0 Å². The number of hydrogen-bond acceptors (Lipinski definition) is 2. The number of rotatable bonds is 6. The van der Waals surface area contributed by atoms with Crippen molar-refractivity contribution in [2.75, 3.05) is 6.61 Å². The third kappa shape index (κ3) is 4.17. The topological polar surface area (TPSA) is 43.4 Å². The molecule has 0 bridgehead atoms. The molecular formula is C16H18NO2. The van der Waals surface area contributed by atoms with Gasteiger partial charge in [-0.1, -0.05) is 60.7 Å². The molecule has 1 N–H and O–H groups in total. The molecule has 0 amide bonds. The van der Waals surface area contributed by atoms with Crippen molar-refractivity contribution in [3.63, 3.8) is 0 Å². The van der Waals surface area contributed by atoms with Gasteiger partial charge >= 0.3 is 0 Å². The maximum Gasteiger partial charge on any atom is 0.0658 e. The van der Waals surface area contributed by atoms with Crippen molar-refractivity contribution in [2.45, 2.75) is 19.0 Å². The summed E-state index contributed by atoms with van der Waals surface area (Å²) in [5.41, 5.74) is 2.03. The Morgan fingerprint density at radius 2 is 1.42 bits per heavy atom. The molecule has 0 unspecified atom stereocenters. The average molecular weight is 256 g/mol. The van der Waals surface area contributed by atoms with Crippen LogP contribution in [0.3, 0.4) is 0 Å². The summed E-state index contributed by atoms with van der Waals surface area (Å²) in [5, 5.41) is 22.5. The molecule has 19 heavy (non-hydrogen) atoms. The highest BCUT2D eigenvalue weighted by atomic mass is 16.5. The van der Waals surface area contributed by atoms with E-state index in [1.165, 1.54) is 0 Å². The highest BCUT2D eigenvalue weighted by Crippen LogP contribution is 2.11. The quantitative estimate of drug-likeness (QED) is 0.807. The van der Waals surface area contributed by atoms with Gasteiger partial charge in [0, 0.05) is 0 Å². The van der Waals surface area contributed by atoms with Crippen LogP contribution in [-0.4, -0.2) is 22.8 Å². The van der Waals surface area contributed by atoms with Gasteiger partial charge in [0.15, 0.2) is 0 Å². The van der Waals surface area contributed by atoms with Crippen molar-refractivity contribution in [1.29, 1.82) is 0 Å². The van der Waals surface area contributed by atoms with Crippen LogP contribution in [0.15, 0.2) is 60.7 Å². The lowest BCUT2D eigenvalue weighted by atomic mass is 10.1. The van der Waals surface area contributed by atoms with E-state index in [4.69, 9.17) is 0 Å².